The van der Waals surface area contributed by atoms with Crippen LogP contribution < -0.4 is 14.8 Å². The molecule has 1 aromatic rings. The van der Waals surface area contributed by atoms with E-state index in [0.717, 1.165) is 5.56 Å². The lowest BCUT2D eigenvalue weighted by Crippen LogP contribution is -2.45. The first-order chi connectivity index (χ1) is 13.4. The lowest BCUT2D eigenvalue weighted by atomic mass is 10.2. The number of nitrogens with zero attached hydrogens (tertiary/aromatic N) is 1. The molecule has 1 atom stereocenters. The fourth-order valence-electron chi connectivity index (χ4n) is 2.65. The minimum Gasteiger partial charge on any atom is -0.493 e. The van der Waals surface area contributed by atoms with Gasteiger partial charge in [-0.1, -0.05) is 17.8 Å². The summed E-state index contributed by atoms with van der Waals surface area (Å²) < 4.78 is 15.3. The van der Waals surface area contributed by atoms with Crippen molar-refractivity contribution >= 4 is 29.5 Å². The molecule has 1 aliphatic heterocycles. The Kier molecular flexibility index (Phi) is 7.74. The molecule has 152 valence electrons. The number of ether oxygens (including phenoxy) is 3. The highest BCUT2D eigenvalue weighted by molar-refractivity contribution is 8.04. The maximum absolute atomic E-state index is 12.6. The van der Waals surface area contributed by atoms with Gasteiger partial charge in [-0.05, 0) is 31.5 Å². The predicted octanol–water partition coefficient (Wildman–Crippen LogP) is 1.69. The summed E-state index contributed by atoms with van der Waals surface area (Å²) in [5, 5.41) is 3.22. The lowest BCUT2D eigenvalue weighted by Gasteiger charge is -2.24. The third-order valence-electron chi connectivity index (χ3n) is 4.06. The molecular weight excluding hydrogens is 384 g/mol. The first-order valence-electron chi connectivity index (χ1n) is 8.73. The standard InChI is InChI=1S/C19H24N2O6S/c1-5-27-18(23)9-17-21(16(22)11-28-17)12(2)19(24)20-10-13-6-7-14(25-3)15(8-13)26-4/h6-9,12H,5,10-11H2,1-4H3,(H,20,24)/b17-9-. The van der Waals surface area contributed by atoms with Crippen LogP contribution in [0.5, 0.6) is 11.5 Å². The summed E-state index contributed by atoms with van der Waals surface area (Å²) in [4.78, 5) is 37.8. The highest BCUT2D eigenvalue weighted by Crippen LogP contribution is 2.31. The summed E-state index contributed by atoms with van der Waals surface area (Å²) in [6, 6.07) is 4.58. The van der Waals surface area contributed by atoms with Crippen LogP contribution in [-0.4, -0.2) is 55.3 Å². The monoisotopic (exact) mass is 408 g/mol. The molecule has 0 aliphatic carbocycles. The molecule has 2 amide bonds. The number of carbonyl (C=O) groups excluding carboxylic acids is 3. The van der Waals surface area contributed by atoms with Gasteiger partial charge in [0.15, 0.2) is 11.5 Å². The van der Waals surface area contributed by atoms with Gasteiger partial charge >= 0.3 is 5.97 Å². The van der Waals surface area contributed by atoms with Gasteiger partial charge in [0.05, 0.1) is 37.7 Å². The fourth-order valence-corrected chi connectivity index (χ4v) is 3.63. The summed E-state index contributed by atoms with van der Waals surface area (Å²) in [6.45, 7) is 3.82. The van der Waals surface area contributed by atoms with Crippen molar-refractivity contribution in [2.45, 2.75) is 26.4 Å². The second kappa shape index (κ2) is 10.0. The highest BCUT2D eigenvalue weighted by atomic mass is 32.2. The van der Waals surface area contributed by atoms with E-state index in [0.29, 0.717) is 16.5 Å². The molecule has 0 aromatic heterocycles. The first-order valence-corrected chi connectivity index (χ1v) is 9.71. The Morgan fingerprint density at radius 1 is 1.29 bits per heavy atom. The van der Waals surface area contributed by atoms with Crippen LogP contribution in [0.3, 0.4) is 0 Å². The van der Waals surface area contributed by atoms with Gasteiger partial charge in [-0.25, -0.2) is 4.79 Å². The fraction of sp³-hybridized carbons (Fsp3) is 0.421. The third-order valence-corrected chi connectivity index (χ3v) is 5.06. The zero-order valence-corrected chi connectivity index (χ0v) is 17.1. The molecule has 2 rings (SSSR count). The van der Waals surface area contributed by atoms with Crippen LogP contribution >= 0.6 is 11.8 Å². The molecule has 1 saturated heterocycles. The lowest BCUT2D eigenvalue weighted by molar-refractivity contribution is -0.137. The Bertz CT molecular complexity index is 780. The minimum absolute atomic E-state index is 0.179. The molecule has 0 saturated carbocycles. The van der Waals surface area contributed by atoms with E-state index in [1.807, 2.05) is 6.07 Å². The van der Waals surface area contributed by atoms with E-state index < -0.39 is 12.0 Å². The SMILES string of the molecule is CCOC(=O)/C=C1\SCC(=O)N1C(C)C(=O)NCc1ccc(OC)c(OC)c1. The third kappa shape index (κ3) is 5.19. The molecule has 28 heavy (non-hydrogen) atoms. The predicted molar refractivity (Wildman–Crippen MR) is 105 cm³/mol. The topological polar surface area (TPSA) is 94.2 Å². The van der Waals surface area contributed by atoms with Crippen molar-refractivity contribution < 1.29 is 28.6 Å². The van der Waals surface area contributed by atoms with E-state index in [4.69, 9.17) is 14.2 Å². The number of benzene rings is 1. The molecule has 1 N–H and O–H groups in total. The minimum atomic E-state index is -0.761. The Balaban J connectivity index is 2.05. The van der Waals surface area contributed by atoms with Crippen molar-refractivity contribution in [3.05, 3.63) is 34.9 Å². The maximum atomic E-state index is 12.6. The van der Waals surface area contributed by atoms with Crippen LogP contribution in [0, 0.1) is 0 Å². The average molecular weight is 408 g/mol. The Morgan fingerprint density at radius 2 is 2.00 bits per heavy atom. The van der Waals surface area contributed by atoms with Crippen molar-refractivity contribution in [2.24, 2.45) is 0 Å². The zero-order valence-electron chi connectivity index (χ0n) is 16.3. The summed E-state index contributed by atoms with van der Waals surface area (Å²) in [6.07, 6.45) is 1.25. The number of thioether (sulfide) groups is 1. The van der Waals surface area contributed by atoms with Crippen molar-refractivity contribution in [1.29, 1.82) is 0 Å². The number of nitrogens with one attached hydrogen (secondary N) is 1. The van der Waals surface area contributed by atoms with E-state index in [2.05, 4.69) is 5.32 Å². The van der Waals surface area contributed by atoms with Gasteiger partial charge in [0.2, 0.25) is 11.8 Å². The van der Waals surface area contributed by atoms with Gasteiger partial charge in [0.25, 0.3) is 0 Å². The Labute approximate surface area is 168 Å². The van der Waals surface area contributed by atoms with Crippen molar-refractivity contribution in [3.8, 4) is 11.5 Å². The Hall–Kier alpha value is -2.68. The van der Waals surface area contributed by atoms with E-state index in [1.165, 1.54) is 29.8 Å². The van der Waals surface area contributed by atoms with E-state index >= 15 is 0 Å². The molecule has 1 aliphatic rings. The van der Waals surface area contributed by atoms with E-state index in [9.17, 15) is 14.4 Å². The molecular formula is C19H24N2O6S. The quantitative estimate of drug-likeness (QED) is 0.517. The van der Waals surface area contributed by atoms with Gasteiger partial charge in [-0.2, -0.15) is 0 Å². The van der Waals surface area contributed by atoms with Gasteiger partial charge < -0.3 is 19.5 Å². The highest BCUT2D eigenvalue weighted by Gasteiger charge is 2.34. The largest absolute Gasteiger partial charge is 0.493 e. The smallest absolute Gasteiger partial charge is 0.333 e. The number of esters is 1. The number of carbonyl (C=O) groups is 3. The number of hydrogen-bond acceptors (Lipinski definition) is 7. The summed E-state index contributed by atoms with van der Waals surface area (Å²) in [5.41, 5.74) is 0.822. The summed E-state index contributed by atoms with van der Waals surface area (Å²) in [7, 11) is 3.09. The first kappa shape index (κ1) is 21.6. The van der Waals surface area contributed by atoms with Crippen LogP contribution in [0.4, 0.5) is 0 Å². The van der Waals surface area contributed by atoms with Crippen molar-refractivity contribution in [3.63, 3.8) is 0 Å². The van der Waals surface area contributed by atoms with E-state index in [1.54, 1.807) is 33.1 Å². The number of methoxy groups -OCH3 is 2. The van der Waals surface area contributed by atoms with Crippen molar-refractivity contribution in [2.75, 3.05) is 26.6 Å². The average Bonchev–Trinajstić information content (AvgIpc) is 3.05. The normalized spacial score (nSPS) is 16.1. The number of rotatable bonds is 8. The molecule has 1 heterocycles. The van der Waals surface area contributed by atoms with Gasteiger partial charge in [-0.3, -0.25) is 14.5 Å². The van der Waals surface area contributed by atoms with Crippen molar-refractivity contribution in [1.82, 2.24) is 10.2 Å². The summed E-state index contributed by atoms with van der Waals surface area (Å²) in [5.74, 6) is 0.239. The van der Waals surface area contributed by atoms with Crippen LogP contribution in [0.15, 0.2) is 29.3 Å². The second-order valence-corrected chi connectivity index (χ2v) is 6.87. The van der Waals surface area contributed by atoms with Gasteiger partial charge in [0, 0.05) is 6.54 Å². The second-order valence-electron chi connectivity index (χ2n) is 5.87. The molecule has 1 fully saturated rings. The molecule has 9 heteroatoms. The number of amides is 2. The molecule has 1 aromatic carbocycles. The maximum Gasteiger partial charge on any atom is 0.333 e. The van der Waals surface area contributed by atoms with Crippen LogP contribution in [-0.2, 0) is 25.7 Å². The summed E-state index contributed by atoms with van der Waals surface area (Å²) >= 11 is 1.21. The Morgan fingerprint density at radius 3 is 2.64 bits per heavy atom. The zero-order chi connectivity index (χ0) is 20.7. The molecule has 0 bridgehead atoms. The molecule has 8 nitrogen and oxygen atoms in total. The molecule has 0 spiro atoms. The van der Waals surface area contributed by atoms with Crippen LogP contribution in [0.2, 0.25) is 0 Å². The number of hydrogen-bond donors (Lipinski definition) is 1. The van der Waals surface area contributed by atoms with Gasteiger partial charge in [-0.15, -0.1) is 0 Å². The van der Waals surface area contributed by atoms with E-state index in [-0.39, 0.29) is 30.7 Å². The van der Waals surface area contributed by atoms with Crippen LogP contribution in [0.1, 0.15) is 19.4 Å². The van der Waals surface area contributed by atoms with Crippen LogP contribution in [0.25, 0.3) is 0 Å². The van der Waals surface area contributed by atoms with Gasteiger partial charge in [0.1, 0.15) is 6.04 Å². The molecule has 0 radical (unpaired) electrons. The molecule has 1 unspecified atom stereocenters.